The molecule has 0 radical (unpaired) electrons. The predicted molar refractivity (Wildman–Crippen MR) is 76.6 cm³/mol. The molecule has 0 unspecified atom stereocenters. The summed E-state index contributed by atoms with van der Waals surface area (Å²) in [6.45, 7) is -0.285. The van der Waals surface area contributed by atoms with E-state index in [9.17, 15) is 14.4 Å². The number of nitrogens with zero attached hydrogens (tertiary/aromatic N) is 1. The number of hydrogen-bond acceptors (Lipinski definition) is 5. The van der Waals surface area contributed by atoms with Crippen molar-refractivity contribution in [3.63, 3.8) is 0 Å². The molecule has 2 N–H and O–H groups in total. The van der Waals surface area contributed by atoms with E-state index in [1.165, 1.54) is 18.3 Å². The maximum absolute atomic E-state index is 11.8. The van der Waals surface area contributed by atoms with Crippen molar-refractivity contribution in [2.45, 2.75) is 0 Å². The molecule has 0 bridgehead atoms. The molecule has 3 rings (SSSR count). The molecular formula is C15H11N3O4. The molecule has 1 aromatic carbocycles. The highest BCUT2D eigenvalue weighted by Crippen LogP contribution is 2.26. The van der Waals surface area contributed by atoms with Gasteiger partial charge in [-0.2, -0.15) is 0 Å². The minimum Gasteiger partial charge on any atom is -0.483 e. The molecular weight excluding hydrogens is 286 g/mol. The lowest BCUT2D eigenvalue weighted by molar-refractivity contribution is -0.118. The number of fused-ring (bicyclic) bond motifs is 1. The third-order valence-corrected chi connectivity index (χ3v) is 3.03. The highest BCUT2D eigenvalue weighted by atomic mass is 16.5. The number of rotatable bonds is 4. The zero-order chi connectivity index (χ0) is 15.5. The molecule has 0 fully saturated rings. The van der Waals surface area contributed by atoms with Gasteiger partial charge in [-0.15, -0.1) is 0 Å². The van der Waals surface area contributed by atoms with E-state index in [-0.39, 0.29) is 23.5 Å². The van der Waals surface area contributed by atoms with Gasteiger partial charge in [0.25, 0.3) is 17.7 Å². The molecule has 22 heavy (non-hydrogen) atoms. The Morgan fingerprint density at radius 3 is 2.82 bits per heavy atom. The molecule has 0 saturated carbocycles. The van der Waals surface area contributed by atoms with Crippen molar-refractivity contribution >= 4 is 23.4 Å². The quantitative estimate of drug-likeness (QED) is 0.820. The van der Waals surface area contributed by atoms with Gasteiger partial charge in [0.2, 0.25) is 0 Å². The van der Waals surface area contributed by atoms with Crippen molar-refractivity contribution in [2.24, 2.45) is 0 Å². The number of imide groups is 1. The van der Waals surface area contributed by atoms with E-state index in [0.29, 0.717) is 5.69 Å². The first-order chi connectivity index (χ1) is 10.6. The summed E-state index contributed by atoms with van der Waals surface area (Å²) >= 11 is 0. The van der Waals surface area contributed by atoms with Gasteiger partial charge in [0.15, 0.2) is 6.61 Å². The first kappa shape index (κ1) is 13.7. The molecule has 1 aliphatic rings. The first-order valence-electron chi connectivity index (χ1n) is 6.46. The number of carbonyl (C=O) groups is 3. The molecule has 110 valence electrons. The summed E-state index contributed by atoms with van der Waals surface area (Å²) in [5.74, 6) is -1.19. The van der Waals surface area contributed by atoms with Crippen LogP contribution < -0.4 is 15.4 Å². The normalized spacial score (nSPS) is 12.5. The third kappa shape index (κ3) is 2.64. The average Bonchev–Trinajstić information content (AvgIpc) is 2.82. The summed E-state index contributed by atoms with van der Waals surface area (Å²) in [5.41, 5.74) is 0.944. The summed E-state index contributed by atoms with van der Waals surface area (Å²) in [4.78, 5) is 38.9. The number of nitrogens with one attached hydrogen (secondary N) is 2. The van der Waals surface area contributed by atoms with Gasteiger partial charge in [0, 0.05) is 6.20 Å². The van der Waals surface area contributed by atoms with Crippen molar-refractivity contribution in [1.82, 2.24) is 10.3 Å². The van der Waals surface area contributed by atoms with Gasteiger partial charge in [-0.1, -0.05) is 6.07 Å². The van der Waals surface area contributed by atoms with Crippen LogP contribution in [0.5, 0.6) is 5.75 Å². The lowest BCUT2D eigenvalue weighted by Crippen LogP contribution is -2.22. The lowest BCUT2D eigenvalue weighted by atomic mass is 10.1. The van der Waals surface area contributed by atoms with E-state index < -0.39 is 17.7 Å². The van der Waals surface area contributed by atoms with Crippen molar-refractivity contribution in [3.8, 4) is 5.75 Å². The second-order valence-electron chi connectivity index (χ2n) is 4.54. The van der Waals surface area contributed by atoms with E-state index in [2.05, 4.69) is 15.6 Å². The number of hydrogen-bond donors (Lipinski definition) is 2. The second kappa shape index (κ2) is 5.65. The standard InChI is InChI=1S/C15H11N3O4/c19-12(17-9-3-2-6-16-7-9)8-22-11-5-1-4-10-13(11)15(21)18-14(10)20/h1-7H,8H2,(H,17,19)(H,18,20,21). The monoisotopic (exact) mass is 297 g/mol. The summed E-state index contributed by atoms with van der Waals surface area (Å²) in [5, 5.41) is 4.79. The average molecular weight is 297 g/mol. The first-order valence-corrected chi connectivity index (χ1v) is 6.46. The van der Waals surface area contributed by atoms with E-state index in [1.54, 1.807) is 24.4 Å². The molecule has 0 saturated heterocycles. The van der Waals surface area contributed by atoms with Gasteiger partial charge in [0.05, 0.1) is 23.0 Å². The fourth-order valence-corrected chi connectivity index (χ4v) is 2.08. The Morgan fingerprint density at radius 1 is 1.18 bits per heavy atom. The fourth-order valence-electron chi connectivity index (χ4n) is 2.08. The molecule has 0 spiro atoms. The third-order valence-electron chi connectivity index (χ3n) is 3.03. The molecule has 0 atom stereocenters. The van der Waals surface area contributed by atoms with Gasteiger partial charge in [-0.25, -0.2) is 0 Å². The van der Waals surface area contributed by atoms with E-state index in [4.69, 9.17) is 4.74 Å². The summed E-state index contributed by atoms with van der Waals surface area (Å²) in [6, 6.07) is 8.03. The Morgan fingerprint density at radius 2 is 2.05 bits per heavy atom. The second-order valence-corrected chi connectivity index (χ2v) is 4.54. The van der Waals surface area contributed by atoms with Gasteiger partial charge in [-0.05, 0) is 24.3 Å². The Kier molecular flexibility index (Phi) is 3.53. The Labute approximate surface area is 125 Å². The summed E-state index contributed by atoms with van der Waals surface area (Å²) < 4.78 is 5.36. The van der Waals surface area contributed by atoms with Crippen LogP contribution in [0.3, 0.4) is 0 Å². The van der Waals surface area contributed by atoms with Gasteiger partial charge in [-0.3, -0.25) is 24.7 Å². The Bertz CT molecular complexity index is 759. The zero-order valence-electron chi connectivity index (χ0n) is 11.3. The van der Waals surface area contributed by atoms with E-state index >= 15 is 0 Å². The number of ether oxygens (including phenoxy) is 1. The molecule has 2 aromatic rings. The van der Waals surface area contributed by atoms with Crippen LogP contribution in [0.4, 0.5) is 5.69 Å². The SMILES string of the molecule is O=C(COc1cccc2c1C(=O)NC2=O)Nc1cccnc1. The molecule has 2 heterocycles. The number of amides is 3. The molecule has 1 aliphatic heterocycles. The molecule has 1 aromatic heterocycles. The summed E-state index contributed by atoms with van der Waals surface area (Å²) in [7, 11) is 0. The van der Waals surface area contributed by atoms with Crippen LogP contribution in [0, 0.1) is 0 Å². The lowest BCUT2D eigenvalue weighted by Gasteiger charge is -2.09. The maximum atomic E-state index is 11.8. The highest BCUT2D eigenvalue weighted by molar-refractivity contribution is 6.22. The van der Waals surface area contributed by atoms with E-state index in [0.717, 1.165) is 0 Å². The van der Waals surface area contributed by atoms with Crippen molar-refractivity contribution in [3.05, 3.63) is 53.9 Å². The van der Waals surface area contributed by atoms with Crippen LogP contribution in [0.1, 0.15) is 20.7 Å². The molecule has 0 aliphatic carbocycles. The van der Waals surface area contributed by atoms with Crippen LogP contribution >= 0.6 is 0 Å². The molecule has 7 nitrogen and oxygen atoms in total. The van der Waals surface area contributed by atoms with Crippen LogP contribution in [0.15, 0.2) is 42.7 Å². The molecule has 7 heteroatoms. The van der Waals surface area contributed by atoms with Crippen molar-refractivity contribution in [2.75, 3.05) is 11.9 Å². The van der Waals surface area contributed by atoms with Crippen LogP contribution in [-0.4, -0.2) is 29.3 Å². The number of pyridine rings is 1. The number of benzene rings is 1. The fraction of sp³-hybridized carbons (Fsp3) is 0.0667. The van der Waals surface area contributed by atoms with Crippen LogP contribution in [-0.2, 0) is 4.79 Å². The largest absolute Gasteiger partial charge is 0.483 e. The molecule has 3 amide bonds. The number of aromatic nitrogens is 1. The Balaban J connectivity index is 1.69. The van der Waals surface area contributed by atoms with Crippen LogP contribution in [0.2, 0.25) is 0 Å². The highest BCUT2D eigenvalue weighted by Gasteiger charge is 2.30. The van der Waals surface area contributed by atoms with Gasteiger partial charge in [0.1, 0.15) is 5.75 Å². The zero-order valence-corrected chi connectivity index (χ0v) is 11.3. The Hall–Kier alpha value is -3.22. The smallest absolute Gasteiger partial charge is 0.262 e. The van der Waals surface area contributed by atoms with E-state index in [1.807, 2.05) is 0 Å². The maximum Gasteiger partial charge on any atom is 0.262 e. The van der Waals surface area contributed by atoms with Gasteiger partial charge < -0.3 is 10.1 Å². The summed E-state index contributed by atoms with van der Waals surface area (Å²) in [6.07, 6.45) is 3.10. The van der Waals surface area contributed by atoms with Crippen LogP contribution in [0.25, 0.3) is 0 Å². The van der Waals surface area contributed by atoms with Crippen molar-refractivity contribution < 1.29 is 19.1 Å². The van der Waals surface area contributed by atoms with Gasteiger partial charge >= 0.3 is 0 Å². The minimum absolute atomic E-state index is 0.154. The predicted octanol–water partition coefficient (Wildman–Crippen LogP) is 0.983. The number of carbonyl (C=O) groups excluding carboxylic acids is 3. The number of anilines is 1. The van der Waals surface area contributed by atoms with Crippen molar-refractivity contribution in [1.29, 1.82) is 0 Å². The minimum atomic E-state index is -0.525. The topological polar surface area (TPSA) is 97.4 Å².